The van der Waals surface area contributed by atoms with Crippen LogP contribution < -0.4 is 5.32 Å². The molecule has 23 heavy (non-hydrogen) atoms. The number of hydrogen-bond donors (Lipinski definition) is 1. The van der Waals surface area contributed by atoms with Crippen LogP contribution in [-0.4, -0.2) is 43.5 Å². The number of carbonyl (C=O) groups is 1. The van der Waals surface area contributed by atoms with Crippen molar-refractivity contribution in [2.75, 3.05) is 19.6 Å². The van der Waals surface area contributed by atoms with Gasteiger partial charge >= 0.3 is 0 Å². The molecule has 2 fully saturated rings. The summed E-state index contributed by atoms with van der Waals surface area (Å²) in [7, 11) is -3.09. The van der Waals surface area contributed by atoms with E-state index in [1.54, 1.807) is 10.4 Å². The van der Waals surface area contributed by atoms with Crippen LogP contribution in [0.2, 0.25) is 0 Å². The molecule has 1 aromatic rings. The van der Waals surface area contributed by atoms with Crippen LogP contribution in [0.4, 0.5) is 4.39 Å². The molecule has 1 heterocycles. The Bertz CT molecular complexity index is 680. The van der Waals surface area contributed by atoms with Crippen LogP contribution in [0.25, 0.3) is 0 Å². The lowest BCUT2D eigenvalue weighted by atomic mass is 9.98. The van der Waals surface area contributed by atoms with Crippen molar-refractivity contribution in [3.8, 4) is 0 Å². The predicted molar refractivity (Wildman–Crippen MR) is 85.0 cm³/mol. The highest BCUT2D eigenvalue weighted by Gasteiger charge is 2.41. The smallest absolute Gasteiger partial charge is 0.251 e. The van der Waals surface area contributed by atoms with E-state index in [1.165, 1.54) is 18.2 Å². The lowest BCUT2D eigenvalue weighted by Crippen LogP contribution is -2.42. The molecule has 0 radical (unpaired) electrons. The molecule has 1 saturated carbocycles. The molecule has 1 saturated heterocycles. The Morgan fingerprint density at radius 3 is 2.52 bits per heavy atom. The Morgan fingerprint density at radius 1 is 1.22 bits per heavy atom. The lowest BCUT2D eigenvalue weighted by Gasteiger charge is -2.31. The van der Waals surface area contributed by atoms with E-state index in [0.29, 0.717) is 25.2 Å². The van der Waals surface area contributed by atoms with Crippen molar-refractivity contribution >= 4 is 15.9 Å². The number of halogens is 1. The quantitative estimate of drug-likeness (QED) is 0.888. The number of hydrogen-bond acceptors (Lipinski definition) is 3. The number of piperidine rings is 1. The van der Waals surface area contributed by atoms with Crippen molar-refractivity contribution in [2.24, 2.45) is 5.92 Å². The summed E-state index contributed by atoms with van der Waals surface area (Å²) in [5.41, 5.74) is 0.304. The van der Waals surface area contributed by atoms with Gasteiger partial charge in [0.15, 0.2) is 0 Å². The standard InChI is InChI=1S/C16H21FN2O3S/c17-14-3-1-2-13(10-14)16(20)18-11-12-6-8-19(9-7-12)23(21,22)15-4-5-15/h1-3,10,12,15H,4-9,11H2,(H,18,20). The van der Waals surface area contributed by atoms with Crippen LogP contribution in [-0.2, 0) is 10.0 Å². The van der Waals surface area contributed by atoms with E-state index in [1.807, 2.05) is 0 Å². The van der Waals surface area contributed by atoms with Gasteiger partial charge in [-0.25, -0.2) is 17.1 Å². The van der Waals surface area contributed by atoms with Gasteiger partial charge in [-0.2, -0.15) is 0 Å². The number of nitrogens with one attached hydrogen (secondary N) is 1. The molecule has 3 rings (SSSR count). The van der Waals surface area contributed by atoms with E-state index in [4.69, 9.17) is 0 Å². The topological polar surface area (TPSA) is 66.5 Å². The first-order valence-electron chi connectivity index (χ1n) is 7.99. The molecule has 5 nitrogen and oxygen atoms in total. The third kappa shape index (κ3) is 3.90. The molecular formula is C16H21FN2O3S. The number of carbonyl (C=O) groups excluding carboxylic acids is 1. The Hall–Kier alpha value is -1.47. The minimum Gasteiger partial charge on any atom is -0.352 e. The number of nitrogens with zero attached hydrogens (tertiary/aromatic N) is 1. The summed E-state index contributed by atoms with van der Waals surface area (Å²) in [6, 6.07) is 5.58. The number of sulfonamides is 1. The van der Waals surface area contributed by atoms with Crippen LogP contribution in [0.5, 0.6) is 0 Å². The molecule has 2 aliphatic rings. The van der Waals surface area contributed by atoms with Crippen LogP contribution in [0.1, 0.15) is 36.0 Å². The fraction of sp³-hybridized carbons (Fsp3) is 0.562. The van der Waals surface area contributed by atoms with Crippen LogP contribution >= 0.6 is 0 Å². The Kier molecular flexibility index (Phi) is 4.68. The van der Waals surface area contributed by atoms with Crippen molar-refractivity contribution < 1.29 is 17.6 Å². The average Bonchev–Trinajstić information content (AvgIpc) is 3.38. The average molecular weight is 340 g/mol. The Balaban J connectivity index is 1.47. The van der Waals surface area contributed by atoms with Gasteiger partial charge in [-0.1, -0.05) is 6.07 Å². The molecule has 0 unspecified atom stereocenters. The fourth-order valence-electron chi connectivity index (χ4n) is 2.91. The van der Waals surface area contributed by atoms with Gasteiger partial charge in [-0.05, 0) is 49.8 Å². The molecule has 0 bridgehead atoms. The van der Waals surface area contributed by atoms with Gasteiger partial charge in [0.25, 0.3) is 5.91 Å². The van der Waals surface area contributed by atoms with E-state index in [2.05, 4.69) is 5.32 Å². The molecule has 1 N–H and O–H groups in total. The van der Waals surface area contributed by atoms with Gasteiger partial charge in [0, 0.05) is 25.2 Å². The zero-order valence-corrected chi connectivity index (χ0v) is 13.7. The van der Waals surface area contributed by atoms with E-state index in [9.17, 15) is 17.6 Å². The summed E-state index contributed by atoms with van der Waals surface area (Å²) in [5, 5.41) is 2.65. The third-order valence-electron chi connectivity index (χ3n) is 4.52. The van der Waals surface area contributed by atoms with Crippen molar-refractivity contribution in [3.63, 3.8) is 0 Å². The van der Waals surface area contributed by atoms with E-state index in [-0.39, 0.29) is 17.1 Å². The Morgan fingerprint density at radius 2 is 1.91 bits per heavy atom. The van der Waals surface area contributed by atoms with E-state index >= 15 is 0 Å². The maximum atomic E-state index is 13.1. The summed E-state index contributed by atoms with van der Waals surface area (Å²) in [6.07, 6.45) is 3.06. The molecular weight excluding hydrogens is 319 g/mol. The van der Waals surface area contributed by atoms with Crippen LogP contribution in [0, 0.1) is 11.7 Å². The molecule has 1 aliphatic carbocycles. The monoisotopic (exact) mass is 340 g/mol. The molecule has 0 aromatic heterocycles. The normalized spacial score (nSPS) is 20.4. The maximum Gasteiger partial charge on any atom is 0.251 e. The molecule has 126 valence electrons. The first-order chi connectivity index (χ1) is 11.0. The number of benzene rings is 1. The highest BCUT2D eigenvalue weighted by atomic mass is 32.2. The minimum atomic E-state index is -3.09. The maximum absolute atomic E-state index is 13.1. The van der Waals surface area contributed by atoms with Crippen LogP contribution in [0.15, 0.2) is 24.3 Å². The number of rotatable bonds is 5. The second-order valence-electron chi connectivity index (χ2n) is 6.31. The highest BCUT2D eigenvalue weighted by molar-refractivity contribution is 7.90. The van der Waals surface area contributed by atoms with Gasteiger partial charge in [0.1, 0.15) is 5.82 Å². The van der Waals surface area contributed by atoms with Gasteiger partial charge < -0.3 is 5.32 Å². The van der Waals surface area contributed by atoms with Crippen molar-refractivity contribution in [3.05, 3.63) is 35.6 Å². The molecule has 1 aromatic carbocycles. The zero-order chi connectivity index (χ0) is 16.4. The second kappa shape index (κ2) is 6.57. The first-order valence-corrected chi connectivity index (χ1v) is 9.50. The highest BCUT2D eigenvalue weighted by Crippen LogP contribution is 2.33. The van der Waals surface area contributed by atoms with Gasteiger partial charge in [0.05, 0.1) is 5.25 Å². The first kappa shape index (κ1) is 16.4. The summed E-state index contributed by atoms with van der Waals surface area (Å²) in [6.45, 7) is 1.55. The molecule has 1 amide bonds. The number of amides is 1. The lowest BCUT2D eigenvalue weighted by molar-refractivity contribution is 0.0941. The second-order valence-corrected chi connectivity index (χ2v) is 8.52. The molecule has 7 heteroatoms. The summed E-state index contributed by atoms with van der Waals surface area (Å²) in [5.74, 6) is -0.466. The van der Waals surface area contributed by atoms with Crippen LogP contribution in [0.3, 0.4) is 0 Å². The Labute approximate surface area is 135 Å². The third-order valence-corrected chi connectivity index (χ3v) is 6.92. The van der Waals surface area contributed by atoms with E-state index in [0.717, 1.165) is 25.7 Å². The molecule has 0 spiro atoms. The molecule has 0 atom stereocenters. The van der Waals surface area contributed by atoms with Gasteiger partial charge in [0.2, 0.25) is 10.0 Å². The van der Waals surface area contributed by atoms with Gasteiger partial charge in [-0.15, -0.1) is 0 Å². The zero-order valence-electron chi connectivity index (χ0n) is 12.9. The van der Waals surface area contributed by atoms with Crippen molar-refractivity contribution in [2.45, 2.75) is 30.9 Å². The summed E-state index contributed by atoms with van der Waals surface area (Å²) < 4.78 is 39.0. The van der Waals surface area contributed by atoms with Gasteiger partial charge in [-0.3, -0.25) is 4.79 Å². The predicted octanol–water partition coefficient (Wildman–Crippen LogP) is 1.76. The largest absolute Gasteiger partial charge is 0.352 e. The summed E-state index contributed by atoms with van der Waals surface area (Å²) >= 11 is 0. The SMILES string of the molecule is O=C(NCC1CCN(S(=O)(=O)C2CC2)CC1)c1cccc(F)c1. The minimum absolute atomic E-state index is 0.160. The molecule has 1 aliphatic heterocycles. The summed E-state index contributed by atoms with van der Waals surface area (Å²) in [4.78, 5) is 12.0. The van der Waals surface area contributed by atoms with Crippen molar-refractivity contribution in [1.82, 2.24) is 9.62 Å². The van der Waals surface area contributed by atoms with E-state index < -0.39 is 15.8 Å². The fourth-order valence-corrected chi connectivity index (χ4v) is 4.79. The van der Waals surface area contributed by atoms with Crippen molar-refractivity contribution in [1.29, 1.82) is 0 Å².